The molecule has 3 aliphatic rings. The van der Waals surface area contributed by atoms with Gasteiger partial charge in [-0.3, -0.25) is 14.5 Å². The van der Waals surface area contributed by atoms with Crippen molar-refractivity contribution < 1.29 is 14.4 Å². The molecule has 0 aromatic heterocycles. The molecule has 7 heteroatoms. The van der Waals surface area contributed by atoms with Crippen molar-refractivity contribution in [3.63, 3.8) is 0 Å². The number of piperidine rings is 1. The second-order valence-electron chi connectivity index (χ2n) is 4.99. The summed E-state index contributed by atoms with van der Waals surface area (Å²) in [7, 11) is 0. The van der Waals surface area contributed by atoms with Gasteiger partial charge in [-0.1, -0.05) is 0 Å². The van der Waals surface area contributed by atoms with Gasteiger partial charge in [0.1, 0.15) is 6.10 Å². The van der Waals surface area contributed by atoms with Crippen molar-refractivity contribution >= 4 is 5.91 Å². The zero-order chi connectivity index (χ0) is 12.4. The van der Waals surface area contributed by atoms with Gasteiger partial charge in [0.25, 0.3) is 0 Å². The zero-order valence-corrected chi connectivity index (χ0v) is 10.4. The highest BCUT2D eigenvalue weighted by atomic mass is 16.7. The van der Waals surface area contributed by atoms with E-state index < -0.39 is 0 Å². The average Bonchev–Trinajstić information content (AvgIpc) is 2.87. The molecule has 0 bridgehead atoms. The molecule has 3 rings (SSSR count). The smallest absolute Gasteiger partial charge is 0.236 e. The SMILES string of the molecule is O=C(CN1CCOCC1)N1CCC2N[N]OC2C1. The quantitative estimate of drug-likeness (QED) is 0.640. The lowest BCUT2D eigenvalue weighted by molar-refractivity contribution is -0.137. The van der Waals surface area contributed by atoms with Gasteiger partial charge in [0.05, 0.1) is 32.3 Å². The Morgan fingerprint density at radius 3 is 3.00 bits per heavy atom. The van der Waals surface area contributed by atoms with E-state index in [1.165, 1.54) is 0 Å². The van der Waals surface area contributed by atoms with Gasteiger partial charge in [-0.05, 0) is 12.0 Å². The highest BCUT2D eigenvalue weighted by molar-refractivity contribution is 5.78. The average molecular weight is 255 g/mol. The number of morpholine rings is 1. The van der Waals surface area contributed by atoms with E-state index in [1.54, 1.807) is 0 Å². The first-order chi connectivity index (χ1) is 8.83. The van der Waals surface area contributed by atoms with E-state index in [1.807, 2.05) is 4.90 Å². The van der Waals surface area contributed by atoms with Gasteiger partial charge in [0.15, 0.2) is 0 Å². The van der Waals surface area contributed by atoms with Crippen LogP contribution in [0.5, 0.6) is 0 Å². The first kappa shape index (κ1) is 12.3. The molecule has 3 fully saturated rings. The molecule has 2 atom stereocenters. The molecule has 0 spiro atoms. The van der Waals surface area contributed by atoms with E-state index in [2.05, 4.69) is 15.9 Å². The zero-order valence-electron chi connectivity index (χ0n) is 10.4. The lowest BCUT2D eigenvalue weighted by Crippen LogP contribution is -2.53. The summed E-state index contributed by atoms with van der Waals surface area (Å²) < 4.78 is 5.28. The maximum Gasteiger partial charge on any atom is 0.236 e. The van der Waals surface area contributed by atoms with Crippen LogP contribution < -0.4 is 11.0 Å². The summed E-state index contributed by atoms with van der Waals surface area (Å²) in [5, 5.41) is 0. The Hall–Kier alpha value is -0.730. The molecule has 3 aliphatic heterocycles. The van der Waals surface area contributed by atoms with Crippen molar-refractivity contribution in [2.24, 2.45) is 0 Å². The largest absolute Gasteiger partial charge is 0.379 e. The fourth-order valence-corrected chi connectivity index (χ4v) is 2.61. The van der Waals surface area contributed by atoms with Crippen molar-refractivity contribution in [2.75, 3.05) is 45.9 Å². The minimum atomic E-state index is 0.0207. The van der Waals surface area contributed by atoms with E-state index in [0.717, 1.165) is 39.3 Å². The number of amides is 1. The van der Waals surface area contributed by atoms with Crippen molar-refractivity contribution in [1.29, 1.82) is 0 Å². The van der Waals surface area contributed by atoms with Gasteiger partial charge < -0.3 is 9.64 Å². The first-order valence-electron chi connectivity index (χ1n) is 6.52. The molecule has 0 aromatic carbocycles. The highest BCUT2D eigenvalue weighted by Crippen LogP contribution is 2.17. The second kappa shape index (κ2) is 5.50. The van der Waals surface area contributed by atoms with Crippen LogP contribution >= 0.6 is 0 Å². The third-order valence-corrected chi connectivity index (χ3v) is 3.78. The predicted octanol–water partition coefficient (Wildman–Crippen LogP) is -1.66. The molecule has 101 valence electrons. The molecule has 2 unspecified atom stereocenters. The molecule has 1 N–H and O–H groups in total. The summed E-state index contributed by atoms with van der Waals surface area (Å²) in [5.41, 5.74) is 6.66. The van der Waals surface area contributed by atoms with Crippen LogP contribution in [0.15, 0.2) is 0 Å². The Labute approximate surface area is 106 Å². The van der Waals surface area contributed by atoms with Gasteiger partial charge in [0.2, 0.25) is 5.91 Å². The topological polar surface area (TPSA) is 68.1 Å². The molecular weight excluding hydrogens is 236 g/mol. The number of carbonyl (C=O) groups is 1. The van der Waals surface area contributed by atoms with E-state index in [9.17, 15) is 4.79 Å². The van der Waals surface area contributed by atoms with Crippen molar-refractivity contribution in [3.05, 3.63) is 0 Å². The maximum atomic E-state index is 12.2. The number of nitrogens with one attached hydrogen (secondary N) is 1. The number of rotatable bonds is 2. The minimum absolute atomic E-state index is 0.0207. The summed E-state index contributed by atoms with van der Waals surface area (Å²) in [4.78, 5) is 21.4. The van der Waals surface area contributed by atoms with Crippen molar-refractivity contribution in [1.82, 2.24) is 20.8 Å². The standard InChI is InChI=1S/C11H19N4O3/c16-11(8-14-3-5-17-6-4-14)15-2-1-9-10(7-15)18-13-12-9/h9-10,12H,1-8H2. The number of fused-ring (bicyclic) bond motifs is 1. The number of carbonyl (C=O) groups excluding carboxylic acids is 1. The third-order valence-electron chi connectivity index (χ3n) is 3.78. The normalized spacial score (nSPS) is 33.4. The highest BCUT2D eigenvalue weighted by Gasteiger charge is 2.37. The Kier molecular flexibility index (Phi) is 3.76. The van der Waals surface area contributed by atoms with Crippen LogP contribution in [0.25, 0.3) is 0 Å². The lowest BCUT2D eigenvalue weighted by Gasteiger charge is -2.34. The third kappa shape index (κ3) is 2.65. The van der Waals surface area contributed by atoms with Crippen LogP contribution in [0.2, 0.25) is 0 Å². The number of hydrogen-bond donors (Lipinski definition) is 1. The van der Waals surface area contributed by atoms with Crippen LogP contribution in [0.4, 0.5) is 0 Å². The molecule has 7 nitrogen and oxygen atoms in total. The number of ether oxygens (including phenoxy) is 1. The first-order valence-corrected chi connectivity index (χ1v) is 6.52. The van der Waals surface area contributed by atoms with Gasteiger partial charge in [-0.15, -0.1) is 0 Å². The van der Waals surface area contributed by atoms with Crippen molar-refractivity contribution in [2.45, 2.75) is 18.6 Å². The predicted molar refractivity (Wildman–Crippen MR) is 62.4 cm³/mol. The number of hydrogen-bond acceptors (Lipinski definition) is 5. The van der Waals surface area contributed by atoms with E-state index in [4.69, 9.17) is 9.57 Å². The number of nitrogens with zero attached hydrogens (tertiary/aromatic N) is 3. The van der Waals surface area contributed by atoms with Gasteiger partial charge >= 0.3 is 0 Å². The van der Waals surface area contributed by atoms with E-state index >= 15 is 0 Å². The lowest BCUT2D eigenvalue weighted by atomic mass is 10.0. The Bertz CT molecular complexity index is 309. The Morgan fingerprint density at radius 1 is 1.33 bits per heavy atom. The monoisotopic (exact) mass is 255 g/mol. The van der Waals surface area contributed by atoms with Crippen LogP contribution in [0.3, 0.4) is 0 Å². The van der Waals surface area contributed by atoms with Gasteiger partial charge in [-0.25, -0.2) is 5.43 Å². The summed E-state index contributed by atoms with van der Waals surface area (Å²) in [6.45, 7) is 5.07. The molecule has 1 radical (unpaired) electrons. The molecule has 3 saturated heterocycles. The van der Waals surface area contributed by atoms with Crippen LogP contribution in [-0.2, 0) is 14.4 Å². The molecule has 0 saturated carbocycles. The summed E-state index contributed by atoms with van der Waals surface area (Å²) in [5.74, 6) is 0.186. The second-order valence-corrected chi connectivity index (χ2v) is 4.99. The molecule has 3 heterocycles. The van der Waals surface area contributed by atoms with Crippen LogP contribution in [0.1, 0.15) is 6.42 Å². The van der Waals surface area contributed by atoms with Crippen LogP contribution in [0, 0.1) is 0 Å². The summed E-state index contributed by atoms with van der Waals surface area (Å²) in [6.07, 6.45) is 0.927. The summed E-state index contributed by atoms with van der Waals surface area (Å²) in [6, 6.07) is 0.275. The molecule has 18 heavy (non-hydrogen) atoms. The van der Waals surface area contributed by atoms with Crippen LogP contribution in [-0.4, -0.2) is 73.8 Å². The van der Waals surface area contributed by atoms with Gasteiger partial charge in [0, 0.05) is 19.6 Å². The fraction of sp³-hybridized carbons (Fsp3) is 0.909. The van der Waals surface area contributed by atoms with E-state index in [-0.39, 0.29) is 18.1 Å². The minimum Gasteiger partial charge on any atom is -0.379 e. The molecule has 1 amide bonds. The van der Waals surface area contributed by atoms with Crippen molar-refractivity contribution in [3.8, 4) is 0 Å². The summed E-state index contributed by atoms with van der Waals surface area (Å²) >= 11 is 0. The fourth-order valence-electron chi connectivity index (χ4n) is 2.61. The molecular formula is C11H19N4O3. The molecule has 0 aliphatic carbocycles. The Morgan fingerprint density at radius 2 is 2.17 bits per heavy atom. The Balaban J connectivity index is 1.49. The van der Waals surface area contributed by atoms with E-state index in [0.29, 0.717) is 13.1 Å². The van der Waals surface area contributed by atoms with Gasteiger partial charge in [-0.2, -0.15) is 0 Å². The number of likely N-dealkylation sites (tertiary alicyclic amines) is 1. The molecule has 0 aromatic rings. The maximum absolute atomic E-state index is 12.2.